The quantitative estimate of drug-likeness (QED) is 0.0947. The Morgan fingerprint density at radius 1 is 0.860 bits per heavy atom. The fraction of sp³-hybridized carbons (Fsp3) is 0.483. The van der Waals surface area contributed by atoms with Gasteiger partial charge in [-0.05, 0) is 54.8 Å². The molecule has 2 heterocycles. The molecule has 0 aromatic heterocycles. The molecule has 2 fully saturated rings. The van der Waals surface area contributed by atoms with Gasteiger partial charge in [0.05, 0.1) is 19.3 Å². The normalized spacial score (nSPS) is 33.0. The first-order chi connectivity index (χ1) is 20.5. The van der Waals surface area contributed by atoms with Gasteiger partial charge >= 0.3 is 5.97 Å². The monoisotopic (exact) mass is 608 g/mol. The standard InChI is InChI=1S/C29H36O14/c1-14-22(35)23(36)24(37)29(40-14)43-27-25(38)28(39-11-10-16-4-8-18(32)19(33)12-16)41-20(13-30)26(27)42-21(34)9-5-15-2-6-17(31)7-3-15/h2-9,12,14,20,22-33,35-38H,10-11,13H2,1H3/b9-5-/t14-,20+,22-,23+,24+,25+,26+,27+,28+,29-/m0/s1. The summed E-state index contributed by atoms with van der Waals surface area (Å²) in [7, 11) is 0. The van der Waals surface area contributed by atoms with E-state index < -0.39 is 74.0 Å². The summed E-state index contributed by atoms with van der Waals surface area (Å²) in [5.74, 6) is -1.48. The average Bonchev–Trinajstić information content (AvgIpc) is 2.99. The molecule has 0 spiro atoms. The third-order valence-electron chi connectivity index (χ3n) is 7.16. The molecule has 14 nitrogen and oxygen atoms in total. The maximum absolute atomic E-state index is 12.8. The molecule has 0 unspecified atom stereocenters. The molecule has 0 bridgehead atoms. The summed E-state index contributed by atoms with van der Waals surface area (Å²) in [6.45, 7) is 0.677. The smallest absolute Gasteiger partial charge is 0.331 e. The van der Waals surface area contributed by atoms with E-state index >= 15 is 0 Å². The Kier molecular flexibility index (Phi) is 10.9. The van der Waals surface area contributed by atoms with E-state index in [9.17, 15) is 45.6 Å². The molecule has 0 amide bonds. The summed E-state index contributed by atoms with van der Waals surface area (Å²) in [5, 5.41) is 80.8. The van der Waals surface area contributed by atoms with Crippen molar-refractivity contribution in [1.29, 1.82) is 0 Å². The summed E-state index contributed by atoms with van der Waals surface area (Å²) in [5.41, 5.74) is 1.16. The minimum atomic E-state index is -1.75. The van der Waals surface area contributed by atoms with Crippen LogP contribution in [0.1, 0.15) is 18.1 Å². The van der Waals surface area contributed by atoms with Crippen molar-refractivity contribution in [2.45, 2.75) is 74.8 Å². The van der Waals surface area contributed by atoms with Gasteiger partial charge in [-0.25, -0.2) is 4.79 Å². The van der Waals surface area contributed by atoms with E-state index in [2.05, 4.69) is 0 Å². The Balaban J connectivity index is 1.51. The first-order valence-electron chi connectivity index (χ1n) is 13.6. The molecule has 14 heteroatoms. The number of aromatic hydroxyl groups is 3. The first kappa shape index (κ1) is 32.6. The number of benzene rings is 2. The van der Waals surface area contributed by atoms with E-state index in [-0.39, 0.29) is 30.3 Å². The maximum Gasteiger partial charge on any atom is 0.331 e. The third kappa shape index (κ3) is 8.00. The Morgan fingerprint density at radius 2 is 1.58 bits per heavy atom. The van der Waals surface area contributed by atoms with Crippen LogP contribution in [0.4, 0.5) is 0 Å². The molecule has 0 radical (unpaired) electrons. The summed E-state index contributed by atoms with van der Waals surface area (Å²) >= 11 is 0. The van der Waals surface area contributed by atoms with Gasteiger partial charge in [-0.2, -0.15) is 0 Å². The van der Waals surface area contributed by atoms with Crippen LogP contribution in [0.5, 0.6) is 17.2 Å². The minimum Gasteiger partial charge on any atom is -0.508 e. The predicted molar refractivity (Wildman–Crippen MR) is 145 cm³/mol. The van der Waals surface area contributed by atoms with Crippen molar-refractivity contribution in [3.05, 3.63) is 59.7 Å². The number of rotatable bonds is 10. The van der Waals surface area contributed by atoms with Gasteiger partial charge in [0.2, 0.25) is 0 Å². The molecule has 2 aliphatic rings. The lowest BCUT2D eigenvalue weighted by molar-refractivity contribution is -0.357. The van der Waals surface area contributed by atoms with E-state index in [1.807, 2.05) is 0 Å². The Labute approximate surface area is 246 Å². The van der Waals surface area contributed by atoms with Crippen molar-refractivity contribution in [3.8, 4) is 17.2 Å². The minimum absolute atomic E-state index is 0.0379. The third-order valence-corrected chi connectivity index (χ3v) is 7.16. The zero-order valence-electron chi connectivity index (χ0n) is 23.1. The van der Waals surface area contributed by atoms with E-state index in [1.54, 1.807) is 18.2 Å². The molecule has 2 aromatic rings. The maximum atomic E-state index is 12.8. The van der Waals surface area contributed by atoms with Gasteiger partial charge in [0.25, 0.3) is 0 Å². The lowest BCUT2D eigenvalue weighted by Gasteiger charge is -2.46. The van der Waals surface area contributed by atoms with Gasteiger partial charge in [-0.15, -0.1) is 0 Å². The van der Waals surface area contributed by atoms with Crippen LogP contribution in [0, 0.1) is 0 Å². The average molecular weight is 609 g/mol. The molecule has 2 aromatic carbocycles. The van der Waals surface area contributed by atoms with Crippen molar-refractivity contribution in [2.75, 3.05) is 13.2 Å². The fourth-order valence-electron chi connectivity index (χ4n) is 4.70. The summed E-state index contributed by atoms with van der Waals surface area (Å²) in [6.07, 6.45) is -12.0. The second-order valence-corrected chi connectivity index (χ2v) is 10.3. The van der Waals surface area contributed by atoms with Crippen LogP contribution in [0.25, 0.3) is 6.08 Å². The number of aliphatic hydroxyl groups excluding tert-OH is 5. The van der Waals surface area contributed by atoms with Crippen LogP contribution in [0.15, 0.2) is 48.5 Å². The molecular weight excluding hydrogens is 572 g/mol. The second-order valence-electron chi connectivity index (χ2n) is 10.3. The molecule has 8 N–H and O–H groups in total. The van der Waals surface area contributed by atoms with Crippen molar-refractivity contribution >= 4 is 12.0 Å². The van der Waals surface area contributed by atoms with Crippen LogP contribution >= 0.6 is 0 Å². The summed E-state index contributed by atoms with van der Waals surface area (Å²) < 4.78 is 28.3. The van der Waals surface area contributed by atoms with Crippen molar-refractivity contribution in [3.63, 3.8) is 0 Å². The van der Waals surface area contributed by atoms with E-state index in [1.165, 1.54) is 37.3 Å². The van der Waals surface area contributed by atoms with Gasteiger partial charge in [0, 0.05) is 6.08 Å². The lowest BCUT2D eigenvalue weighted by atomic mass is 9.97. The number of ether oxygens (including phenoxy) is 5. The predicted octanol–water partition coefficient (Wildman–Crippen LogP) is -0.722. The van der Waals surface area contributed by atoms with Crippen molar-refractivity contribution < 1.29 is 69.3 Å². The molecule has 10 atom stereocenters. The van der Waals surface area contributed by atoms with Crippen LogP contribution in [-0.2, 0) is 34.9 Å². The van der Waals surface area contributed by atoms with E-state index in [4.69, 9.17) is 23.7 Å². The number of esters is 1. The van der Waals surface area contributed by atoms with Crippen LogP contribution < -0.4 is 0 Å². The first-order valence-corrected chi connectivity index (χ1v) is 13.6. The molecule has 4 rings (SSSR count). The fourth-order valence-corrected chi connectivity index (χ4v) is 4.70. The molecule has 236 valence electrons. The molecule has 2 saturated heterocycles. The van der Waals surface area contributed by atoms with Crippen LogP contribution in [-0.4, -0.2) is 121 Å². The Morgan fingerprint density at radius 3 is 2.26 bits per heavy atom. The van der Waals surface area contributed by atoms with Gasteiger partial charge < -0.3 is 64.5 Å². The van der Waals surface area contributed by atoms with Gasteiger partial charge in [0.15, 0.2) is 30.2 Å². The summed E-state index contributed by atoms with van der Waals surface area (Å²) in [6, 6.07) is 10.2. The largest absolute Gasteiger partial charge is 0.508 e. The number of phenolic OH excluding ortho intramolecular Hbond substituents is 3. The zero-order valence-corrected chi connectivity index (χ0v) is 23.1. The van der Waals surface area contributed by atoms with Gasteiger partial charge in [-0.1, -0.05) is 18.2 Å². The van der Waals surface area contributed by atoms with Gasteiger partial charge in [-0.3, -0.25) is 0 Å². The Bertz CT molecular complexity index is 1240. The number of carbonyl (C=O) groups excluding carboxylic acids is 1. The van der Waals surface area contributed by atoms with Gasteiger partial charge in [0.1, 0.15) is 42.4 Å². The number of hydrogen-bond donors (Lipinski definition) is 8. The van der Waals surface area contributed by atoms with Crippen LogP contribution in [0.3, 0.4) is 0 Å². The molecular formula is C29H36O14. The highest BCUT2D eigenvalue weighted by Crippen LogP contribution is 2.32. The molecule has 0 saturated carbocycles. The SMILES string of the molecule is C[C@@H]1O[C@@H](O[C@@H]2[C@@H](O)[C@H](OCCc3ccc(O)c(O)c3)O[C@H](CO)[C@H]2OC(=O)/C=C\c2ccc(O)cc2)[C@H](O)[C@H](O)[C@H]1O. The number of phenols is 3. The molecule has 43 heavy (non-hydrogen) atoms. The molecule has 0 aliphatic carbocycles. The Hall–Kier alpha value is -3.31. The van der Waals surface area contributed by atoms with Crippen molar-refractivity contribution in [1.82, 2.24) is 0 Å². The topological polar surface area (TPSA) is 225 Å². The van der Waals surface area contributed by atoms with Crippen molar-refractivity contribution in [2.24, 2.45) is 0 Å². The summed E-state index contributed by atoms with van der Waals surface area (Å²) in [4.78, 5) is 12.8. The van der Waals surface area contributed by atoms with E-state index in [0.29, 0.717) is 11.1 Å². The second kappa shape index (κ2) is 14.4. The molecule has 2 aliphatic heterocycles. The zero-order chi connectivity index (χ0) is 31.3. The highest BCUT2D eigenvalue weighted by molar-refractivity contribution is 5.87. The number of carbonyl (C=O) groups is 1. The highest BCUT2D eigenvalue weighted by atomic mass is 16.7. The number of hydrogen-bond acceptors (Lipinski definition) is 14. The highest BCUT2D eigenvalue weighted by Gasteiger charge is 2.52. The van der Waals surface area contributed by atoms with E-state index in [0.717, 1.165) is 6.08 Å². The van der Waals surface area contributed by atoms with Crippen LogP contribution in [0.2, 0.25) is 0 Å². The number of aliphatic hydroxyl groups is 5. The lowest BCUT2D eigenvalue weighted by Crippen LogP contribution is -2.65.